The Morgan fingerprint density at radius 2 is 2.05 bits per heavy atom. The van der Waals surface area contributed by atoms with Crippen molar-refractivity contribution in [3.05, 3.63) is 36.0 Å². The van der Waals surface area contributed by atoms with Gasteiger partial charge in [-0.25, -0.2) is 10.6 Å². The summed E-state index contributed by atoms with van der Waals surface area (Å²) < 4.78 is 0. The van der Waals surface area contributed by atoms with Crippen LogP contribution in [0.5, 0.6) is 0 Å². The van der Waals surface area contributed by atoms with Crippen LogP contribution in [0, 0.1) is 0 Å². The Morgan fingerprint density at radius 3 is 2.74 bits per heavy atom. The van der Waals surface area contributed by atoms with Crippen molar-refractivity contribution in [3.8, 4) is 0 Å². The molecule has 1 aromatic carbocycles. The Hall–Kier alpha value is -2.34. The van der Waals surface area contributed by atoms with E-state index < -0.39 is 17.5 Å². The van der Waals surface area contributed by atoms with Crippen molar-refractivity contribution in [1.82, 2.24) is 15.3 Å². The smallest absolute Gasteiger partial charge is 0.339 e. The van der Waals surface area contributed by atoms with E-state index in [1.807, 2.05) is 30.5 Å². The van der Waals surface area contributed by atoms with Crippen LogP contribution < -0.4 is 11.2 Å². The van der Waals surface area contributed by atoms with E-state index in [4.69, 9.17) is 5.84 Å². The summed E-state index contributed by atoms with van der Waals surface area (Å²) in [6.07, 6.45) is 2.25. The maximum atomic E-state index is 12.0. The number of H-pyrrole nitrogens is 1. The number of aromatic nitrogens is 1. The van der Waals surface area contributed by atoms with Gasteiger partial charge in [-0.1, -0.05) is 18.2 Å². The Labute approximate surface area is 109 Å². The molecule has 1 aliphatic rings. The summed E-state index contributed by atoms with van der Waals surface area (Å²) in [5.41, 5.74) is 0.987. The third-order valence-electron chi connectivity index (χ3n) is 3.51. The zero-order valence-corrected chi connectivity index (χ0v) is 10.4. The van der Waals surface area contributed by atoms with Gasteiger partial charge in [0, 0.05) is 23.5 Å². The van der Waals surface area contributed by atoms with E-state index in [-0.39, 0.29) is 0 Å². The van der Waals surface area contributed by atoms with Crippen molar-refractivity contribution >= 4 is 22.8 Å². The number of hydrogen-bond donors (Lipinski definition) is 3. The number of benzene rings is 1. The number of aromatic amines is 1. The minimum absolute atomic E-state index is 0.398. The number of urea groups is 1. The van der Waals surface area contributed by atoms with Crippen molar-refractivity contribution < 1.29 is 9.59 Å². The molecular weight excluding hydrogens is 244 g/mol. The number of hydrazine groups is 1. The summed E-state index contributed by atoms with van der Waals surface area (Å²) in [5, 5.41) is 4.31. The van der Waals surface area contributed by atoms with Crippen LogP contribution in [0.25, 0.3) is 10.9 Å². The molecule has 0 saturated carbocycles. The molecule has 0 radical (unpaired) electrons. The number of hydrogen-bond acceptors (Lipinski definition) is 3. The summed E-state index contributed by atoms with van der Waals surface area (Å²) in [6, 6.07) is 7.25. The van der Waals surface area contributed by atoms with E-state index in [2.05, 4.69) is 10.3 Å². The van der Waals surface area contributed by atoms with Crippen LogP contribution in [0.2, 0.25) is 0 Å². The van der Waals surface area contributed by atoms with E-state index >= 15 is 0 Å². The second kappa shape index (κ2) is 3.83. The number of rotatable bonds is 2. The van der Waals surface area contributed by atoms with E-state index in [9.17, 15) is 9.59 Å². The second-order valence-corrected chi connectivity index (χ2v) is 4.97. The zero-order chi connectivity index (χ0) is 13.6. The fourth-order valence-corrected chi connectivity index (χ4v) is 2.49. The van der Waals surface area contributed by atoms with Crippen molar-refractivity contribution in [1.29, 1.82) is 0 Å². The average molecular weight is 258 g/mol. The second-order valence-electron chi connectivity index (χ2n) is 4.97. The van der Waals surface area contributed by atoms with Crippen LogP contribution in [-0.4, -0.2) is 27.5 Å². The standard InChI is InChI=1S/C13H14N4O2/c1-13(11(18)17(14)12(19)16-13)6-8-7-15-10-5-3-2-4-9(8)10/h2-5,7,15H,6,14H2,1H3,(H,16,19)/t13-/m1/s1. The van der Waals surface area contributed by atoms with Gasteiger partial charge in [0.1, 0.15) is 5.54 Å². The van der Waals surface area contributed by atoms with Crippen LogP contribution in [0.4, 0.5) is 4.79 Å². The first-order valence-corrected chi connectivity index (χ1v) is 5.98. The summed E-state index contributed by atoms with van der Waals surface area (Å²) >= 11 is 0. The molecule has 1 saturated heterocycles. The van der Waals surface area contributed by atoms with Crippen molar-refractivity contribution in [2.24, 2.45) is 5.84 Å². The molecule has 98 valence electrons. The Kier molecular flexibility index (Phi) is 2.36. The summed E-state index contributed by atoms with van der Waals surface area (Å²) in [5.74, 6) is 4.99. The number of carbonyl (C=O) groups excluding carboxylic acids is 2. The Morgan fingerprint density at radius 1 is 1.32 bits per heavy atom. The number of nitrogens with one attached hydrogen (secondary N) is 2. The van der Waals surface area contributed by atoms with E-state index in [1.54, 1.807) is 6.92 Å². The third-order valence-corrected chi connectivity index (χ3v) is 3.51. The van der Waals surface area contributed by atoms with Gasteiger partial charge in [-0.3, -0.25) is 4.79 Å². The molecule has 0 spiro atoms. The number of nitrogens with two attached hydrogens (primary N) is 1. The van der Waals surface area contributed by atoms with Crippen LogP contribution in [0.3, 0.4) is 0 Å². The first-order chi connectivity index (χ1) is 9.01. The fourth-order valence-electron chi connectivity index (χ4n) is 2.49. The van der Waals surface area contributed by atoms with Gasteiger partial charge < -0.3 is 10.3 Å². The van der Waals surface area contributed by atoms with Crippen molar-refractivity contribution in [2.45, 2.75) is 18.9 Å². The molecule has 3 amide bonds. The summed E-state index contributed by atoms with van der Waals surface area (Å²) in [4.78, 5) is 26.6. The highest BCUT2D eigenvalue weighted by molar-refractivity contribution is 6.06. The lowest BCUT2D eigenvalue weighted by atomic mass is 9.93. The predicted molar refractivity (Wildman–Crippen MR) is 70.0 cm³/mol. The number of imide groups is 1. The molecular formula is C13H14N4O2. The monoisotopic (exact) mass is 258 g/mol. The number of para-hydroxylation sites is 1. The fraction of sp³-hybridized carbons (Fsp3) is 0.231. The molecule has 1 aliphatic heterocycles. The van der Waals surface area contributed by atoms with Crippen molar-refractivity contribution in [2.75, 3.05) is 0 Å². The van der Waals surface area contributed by atoms with Gasteiger partial charge in [0.05, 0.1) is 0 Å². The number of carbonyl (C=O) groups is 2. The molecule has 0 unspecified atom stereocenters. The van der Waals surface area contributed by atoms with Gasteiger partial charge in [0.25, 0.3) is 5.91 Å². The third kappa shape index (κ3) is 1.68. The first-order valence-electron chi connectivity index (χ1n) is 5.98. The highest BCUT2D eigenvalue weighted by Gasteiger charge is 2.47. The van der Waals surface area contributed by atoms with Crippen LogP contribution in [0.1, 0.15) is 12.5 Å². The highest BCUT2D eigenvalue weighted by Crippen LogP contribution is 2.25. The summed E-state index contributed by atoms with van der Waals surface area (Å²) in [7, 11) is 0. The molecule has 1 aromatic heterocycles. The van der Waals surface area contributed by atoms with Gasteiger partial charge in [-0.15, -0.1) is 0 Å². The SMILES string of the molecule is C[C@]1(Cc2c[nH]c3ccccc23)NC(=O)N(N)C1=O. The lowest BCUT2D eigenvalue weighted by molar-refractivity contribution is -0.130. The minimum Gasteiger partial charge on any atom is -0.361 e. The molecule has 6 nitrogen and oxygen atoms in total. The average Bonchev–Trinajstić information content (AvgIpc) is 2.87. The molecule has 1 fully saturated rings. The summed E-state index contributed by atoms with van der Waals surface area (Å²) in [6.45, 7) is 1.68. The van der Waals surface area contributed by atoms with Gasteiger partial charge in [0.2, 0.25) is 0 Å². The molecule has 6 heteroatoms. The molecule has 19 heavy (non-hydrogen) atoms. The van der Waals surface area contributed by atoms with Crippen molar-refractivity contribution in [3.63, 3.8) is 0 Å². The van der Waals surface area contributed by atoms with Gasteiger partial charge >= 0.3 is 6.03 Å². The van der Waals surface area contributed by atoms with Crippen LogP contribution >= 0.6 is 0 Å². The Balaban J connectivity index is 1.97. The highest BCUT2D eigenvalue weighted by atomic mass is 16.2. The molecule has 0 aliphatic carbocycles. The topological polar surface area (TPSA) is 91.2 Å². The molecule has 1 atom stereocenters. The molecule has 0 bridgehead atoms. The maximum Gasteiger partial charge on any atom is 0.339 e. The predicted octanol–water partition coefficient (Wildman–Crippen LogP) is 0.895. The number of nitrogens with zero attached hydrogens (tertiary/aromatic N) is 1. The normalized spacial score (nSPS) is 23.2. The molecule has 2 heterocycles. The quantitative estimate of drug-likeness (QED) is 0.424. The van der Waals surface area contributed by atoms with E-state index in [1.165, 1.54) is 0 Å². The number of amides is 3. The minimum atomic E-state index is -0.989. The first kappa shape index (κ1) is 11.7. The van der Waals surface area contributed by atoms with Gasteiger partial charge in [0.15, 0.2) is 0 Å². The van der Waals surface area contributed by atoms with Gasteiger partial charge in [-0.2, -0.15) is 5.01 Å². The van der Waals surface area contributed by atoms with Gasteiger partial charge in [-0.05, 0) is 18.6 Å². The molecule has 2 aromatic rings. The van der Waals surface area contributed by atoms with E-state index in [0.717, 1.165) is 16.5 Å². The van der Waals surface area contributed by atoms with Crippen LogP contribution in [0.15, 0.2) is 30.5 Å². The number of fused-ring (bicyclic) bond motifs is 1. The maximum absolute atomic E-state index is 12.0. The molecule has 4 N–H and O–H groups in total. The zero-order valence-electron chi connectivity index (χ0n) is 10.4. The Bertz CT molecular complexity index is 678. The lowest BCUT2D eigenvalue weighted by Gasteiger charge is -2.20. The largest absolute Gasteiger partial charge is 0.361 e. The molecule has 3 rings (SSSR count). The van der Waals surface area contributed by atoms with E-state index in [0.29, 0.717) is 11.4 Å². The lowest BCUT2D eigenvalue weighted by Crippen LogP contribution is -2.46. The van der Waals surface area contributed by atoms with Crippen LogP contribution in [-0.2, 0) is 11.2 Å².